The van der Waals surface area contributed by atoms with Gasteiger partial charge in [-0.2, -0.15) is 0 Å². The molecule has 0 aliphatic carbocycles. The summed E-state index contributed by atoms with van der Waals surface area (Å²) in [6.07, 6.45) is 2.18. The van der Waals surface area contributed by atoms with Crippen LogP contribution in [0.1, 0.15) is 18.9 Å². The number of carbonyl (C=O) groups excluding carboxylic acids is 1. The fourth-order valence-corrected chi connectivity index (χ4v) is 1.45. The zero-order valence-electron chi connectivity index (χ0n) is 9.29. The molecule has 0 aliphatic rings. The van der Waals surface area contributed by atoms with E-state index in [1.807, 2.05) is 13.0 Å². The second-order valence-electron chi connectivity index (χ2n) is 3.28. The summed E-state index contributed by atoms with van der Waals surface area (Å²) >= 11 is 5.83. The molecule has 3 nitrogen and oxygen atoms in total. The zero-order valence-corrected chi connectivity index (χ0v) is 10.0. The summed E-state index contributed by atoms with van der Waals surface area (Å²) in [4.78, 5) is 11.2. The van der Waals surface area contributed by atoms with Gasteiger partial charge in [-0.25, -0.2) is 4.79 Å². The molecule has 0 unspecified atom stereocenters. The van der Waals surface area contributed by atoms with Crippen LogP contribution in [-0.4, -0.2) is 13.1 Å². The lowest BCUT2D eigenvalue weighted by Gasteiger charge is -2.06. The Kier molecular flexibility index (Phi) is 4.38. The van der Waals surface area contributed by atoms with Gasteiger partial charge >= 0.3 is 5.97 Å². The molecule has 0 fully saturated rings. The van der Waals surface area contributed by atoms with Crippen molar-refractivity contribution in [3.63, 3.8) is 0 Å². The van der Waals surface area contributed by atoms with Gasteiger partial charge in [0, 0.05) is 6.08 Å². The average Bonchev–Trinajstić information content (AvgIpc) is 2.29. The molecule has 4 heteroatoms. The fraction of sp³-hybridized carbons (Fsp3) is 0.250. The molecule has 0 aromatic heterocycles. The van der Waals surface area contributed by atoms with Crippen molar-refractivity contribution >= 4 is 28.8 Å². The number of benzene rings is 1. The molecule has 0 spiro atoms. The summed E-state index contributed by atoms with van der Waals surface area (Å²) in [5.74, 6) is -0.370. The van der Waals surface area contributed by atoms with Gasteiger partial charge < -0.3 is 10.5 Å². The van der Waals surface area contributed by atoms with E-state index in [-0.39, 0.29) is 5.97 Å². The van der Waals surface area contributed by atoms with E-state index in [1.165, 1.54) is 13.2 Å². The Bertz CT molecular complexity index is 427. The predicted molar refractivity (Wildman–Crippen MR) is 66.1 cm³/mol. The molecule has 0 aliphatic heterocycles. The van der Waals surface area contributed by atoms with Crippen LogP contribution in [0.4, 0.5) is 5.69 Å². The maximum atomic E-state index is 11.2. The van der Waals surface area contributed by atoms with Crippen molar-refractivity contribution in [2.45, 2.75) is 13.3 Å². The second kappa shape index (κ2) is 5.56. The Morgan fingerprint density at radius 1 is 1.56 bits per heavy atom. The van der Waals surface area contributed by atoms with Crippen molar-refractivity contribution in [3.05, 3.63) is 34.9 Å². The molecule has 0 amide bonds. The molecule has 16 heavy (non-hydrogen) atoms. The standard InChI is InChI=1S/C12H14ClNO2/c1-3-8(7-12(15)16-2)9-4-5-10(13)11(14)6-9/h4-7H,3,14H2,1-2H3. The van der Waals surface area contributed by atoms with Crippen molar-refractivity contribution in [3.8, 4) is 0 Å². The third-order valence-electron chi connectivity index (χ3n) is 2.24. The lowest BCUT2D eigenvalue weighted by molar-refractivity contribution is -0.134. The van der Waals surface area contributed by atoms with E-state index in [0.717, 1.165) is 17.6 Å². The van der Waals surface area contributed by atoms with E-state index in [2.05, 4.69) is 4.74 Å². The summed E-state index contributed by atoms with van der Waals surface area (Å²) in [5.41, 5.74) is 7.96. The van der Waals surface area contributed by atoms with E-state index in [0.29, 0.717) is 10.7 Å². The largest absolute Gasteiger partial charge is 0.466 e. The van der Waals surface area contributed by atoms with Crippen LogP contribution in [0.5, 0.6) is 0 Å². The Balaban J connectivity index is 3.09. The van der Waals surface area contributed by atoms with Gasteiger partial charge in [-0.3, -0.25) is 0 Å². The van der Waals surface area contributed by atoms with Crippen molar-refractivity contribution < 1.29 is 9.53 Å². The number of allylic oxidation sites excluding steroid dienone is 1. The highest BCUT2D eigenvalue weighted by molar-refractivity contribution is 6.33. The number of nitrogen functional groups attached to an aromatic ring is 1. The summed E-state index contributed by atoms with van der Waals surface area (Å²) in [5, 5.41) is 0.511. The van der Waals surface area contributed by atoms with Gasteiger partial charge in [0.05, 0.1) is 17.8 Å². The van der Waals surface area contributed by atoms with Crippen molar-refractivity contribution in [2.75, 3.05) is 12.8 Å². The van der Waals surface area contributed by atoms with Crippen molar-refractivity contribution in [1.29, 1.82) is 0 Å². The van der Waals surface area contributed by atoms with Gasteiger partial charge in [0.15, 0.2) is 0 Å². The number of halogens is 1. The lowest BCUT2D eigenvalue weighted by Crippen LogP contribution is -1.97. The quantitative estimate of drug-likeness (QED) is 0.501. The molecular formula is C12H14ClNO2. The van der Waals surface area contributed by atoms with E-state index >= 15 is 0 Å². The van der Waals surface area contributed by atoms with Crippen LogP contribution in [0.15, 0.2) is 24.3 Å². The van der Waals surface area contributed by atoms with E-state index < -0.39 is 0 Å². The minimum absolute atomic E-state index is 0.370. The minimum atomic E-state index is -0.370. The number of hydrogen-bond donors (Lipinski definition) is 1. The van der Waals surface area contributed by atoms with Gasteiger partial charge in [0.1, 0.15) is 0 Å². The SMILES string of the molecule is CCC(=CC(=O)OC)c1ccc(Cl)c(N)c1. The third kappa shape index (κ3) is 3.00. The van der Waals surface area contributed by atoms with Crippen LogP contribution in [0.2, 0.25) is 5.02 Å². The fourth-order valence-electron chi connectivity index (χ4n) is 1.33. The van der Waals surface area contributed by atoms with Crippen molar-refractivity contribution in [2.24, 2.45) is 0 Å². The highest BCUT2D eigenvalue weighted by Gasteiger charge is 2.05. The third-order valence-corrected chi connectivity index (χ3v) is 2.59. The topological polar surface area (TPSA) is 52.3 Å². The molecule has 1 aromatic carbocycles. The van der Waals surface area contributed by atoms with Crippen LogP contribution in [0, 0.1) is 0 Å². The smallest absolute Gasteiger partial charge is 0.330 e. The summed E-state index contributed by atoms with van der Waals surface area (Å²) in [6, 6.07) is 5.30. The maximum Gasteiger partial charge on any atom is 0.330 e. The molecule has 86 valence electrons. The summed E-state index contributed by atoms with van der Waals surface area (Å²) < 4.78 is 4.59. The number of nitrogens with two attached hydrogens (primary N) is 1. The second-order valence-corrected chi connectivity index (χ2v) is 3.69. The molecule has 0 bridgehead atoms. The minimum Gasteiger partial charge on any atom is -0.466 e. The molecule has 0 radical (unpaired) electrons. The van der Waals surface area contributed by atoms with Crippen LogP contribution < -0.4 is 5.73 Å². The van der Waals surface area contributed by atoms with Crippen LogP contribution in [0.3, 0.4) is 0 Å². The number of ether oxygens (including phenoxy) is 1. The Labute approximate surface area is 99.8 Å². The van der Waals surface area contributed by atoms with Gasteiger partial charge in [-0.15, -0.1) is 0 Å². The van der Waals surface area contributed by atoms with Crippen LogP contribution >= 0.6 is 11.6 Å². The normalized spacial score (nSPS) is 11.3. The van der Waals surface area contributed by atoms with E-state index in [9.17, 15) is 4.79 Å². The monoisotopic (exact) mass is 239 g/mol. The molecule has 0 saturated heterocycles. The number of rotatable bonds is 3. The molecule has 1 aromatic rings. The first kappa shape index (κ1) is 12.6. The Morgan fingerprint density at radius 3 is 2.75 bits per heavy atom. The van der Waals surface area contributed by atoms with Crippen LogP contribution in [0.25, 0.3) is 5.57 Å². The number of hydrogen-bond acceptors (Lipinski definition) is 3. The van der Waals surface area contributed by atoms with Crippen LogP contribution in [-0.2, 0) is 9.53 Å². The Morgan fingerprint density at radius 2 is 2.25 bits per heavy atom. The first-order valence-corrected chi connectivity index (χ1v) is 5.30. The maximum absolute atomic E-state index is 11.2. The van der Waals surface area contributed by atoms with Gasteiger partial charge in [-0.1, -0.05) is 24.6 Å². The number of anilines is 1. The molecule has 0 atom stereocenters. The van der Waals surface area contributed by atoms with E-state index in [1.54, 1.807) is 12.1 Å². The molecular weight excluding hydrogens is 226 g/mol. The Hall–Kier alpha value is -1.48. The molecule has 2 N–H and O–H groups in total. The molecule has 1 rings (SSSR count). The van der Waals surface area contributed by atoms with Gasteiger partial charge in [0.25, 0.3) is 0 Å². The average molecular weight is 240 g/mol. The van der Waals surface area contributed by atoms with Gasteiger partial charge in [-0.05, 0) is 29.7 Å². The first-order chi connectivity index (χ1) is 7.58. The molecule has 0 heterocycles. The zero-order chi connectivity index (χ0) is 12.1. The summed E-state index contributed by atoms with van der Waals surface area (Å²) in [7, 11) is 1.35. The first-order valence-electron chi connectivity index (χ1n) is 4.92. The number of esters is 1. The highest BCUT2D eigenvalue weighted by atomic mass is 35.5. The highest BCUT2D eigenvalue weighted by Crippen LogP contribution is 2.25. The number of carbonyl (C=O) groups is 1. The van der Waals surface area contributed by atoms with Gasteiger partial charge in [0.2, 0.25) is 0 Å². The predicted octanol–water partition coefficient (Wildman–Crippen LogP) is 2.89. The lowest BCUT2D eigenvalue weighted by atomic mass is 10.0. The van der Waals surface area contributed by atoms with E-state index in [4.69, 9.17) is 17.3 Å². The molecule has 0 saturated carbocycles. The summed E-state index contributed by atoms with van der Waals surface area (Å²) in [6.45, 7) is 1.96. The van der Waals surface area contributed by atoms with Crippen molar-refractivity contribution in [1.82, 2.24) is 0 Å². The number of methoxy groups -OCH3 is 1.